The van der Waals surface area contributed by atoms with Crippen molar-refractivity contribution in [2.75, 3.05) is 5.75 Å². The number of rotatable bonds is 4. The third kappa shape index (κ3) is 4.92. The van der Waals surface area contributed by atoms with Crippen LogP contribution in [0.2, 0.25) is 0 Å². The van der Waals surface area contributed by atoms with E-state index in [1.165, 1.54) is 0 Å². The molecule has 10 heteroatoms. The lowest BCUT2D eigenvalue weighted by molar-refractivity contribution is -0.139. The second-order valence-corrected chi connectivity index (χ2v) is 9.15. The molecule has 0 radical (unpaired) electrons. The molecule has 1 saturated carbocycles. The van der Waals surface area contributed by atoms with E-state index >= 15 is 0 Å². The van der Waals surface area contributed by atoms with Crippen molar-refractivity contribution in [2.24, 2.45) is 5.92 Å². The number of hydrogen-bond donors (Lipinski definition) is 1. The van der Waals surface area contributed by atoms with Gasteiger partial charge in [-0.25, -0.2) is 17.2 Å². The number of nitrogens with zero attached hydrogens (tertiary/aromatic N) is 1. The molecule has 0 aliphatic heterocycles. The minimum Gasteiger partial charge on any atom is -0.393 e. The fourth-order valence-corrected chi connectivity index (χ4v) is 5.43. The van der Waals surface area contributed by atoms with E-state index in [0.29, 0.717) is 44.0 Å². The summed E-state index contributed by atoms with van der Waals surface area (Å²) in [5, 5.41) is 9.51. The van der Waals surface area contributed by atoms with Crippen LogP contribution in [0.25, 0.3) is 11.3 Å². The minimum absolute atomic E-state index is 0.311. The molecule has 1 aliphatic carbocycles. The zero-order valence-electron chi connectivity index (χ0n) is 15.1. The number of pyridine rings is 1. The minimum atomic E-state index is -5.00. The summed E-state index contributed by atoms with van der Waals surface area (Å²) in [4.78, 5) is 2.59. The summed E-state index contributed by atoms with van der Waals surface area (Å²) in [7, 11) is -4.28. The topological polar surface area (TPSA) is 67.3 Å². The quantitative estimate of drug-likeness (QED) is 0.725. The molecule has 2 aromatic rings. The van der Waals surface area contributed by atoms with E-state index in [9.17, 15) is 35.5 Å². The molecule has 0 unspecified atom stereocenters. The lowest BCUT2D eigenvalue weighted by atomic mass is 9.89. The summed E-state index contributed by atoms with van der Waals surface area (Å²) < 4.78 is 93.1. The Balaban J connectivity index is 2.00. The van der Waals surface area contributed by atoms with E-state index in [2.05, 4.69) is 4.98 Å². The predicted molar refractivity (Wildman–Crippen MR) is 94.6 cm³/mol. The van der Waals surface area contributed by atoms with Gasteiger partial charge in [-0.15, -0.1) is 0 Å². The third-order valence-electron chi connectivity index (χ3n) is 4.97. The van der Waals surface area contributed by atoms with Crippen molar-refractivity contribution in [3.05, 3.63) is 47.7 Å². The van der Waals surface area contributed by atoms with Crippen LogP contribution in [0.3, 0.4) is 0 Å². The van der Waals surface area contributed by atoms with Gasteiger partial charge in [0.05, 0.1) is 28.5 Å². The summed E-state index contributed by atoms with van der Waals surface area (Å²) in [6.07, 6.45) is -3.24. The van der Waals surface area contributed by atoms with Crippen LogP contribution in [0.15, 0.2) is 35.4 Å². The molecule has 1 fully saturated rings. The molecule has 0 saturated heterocycles. The Labute approximate surface area is 164 Å². The number of alkyl halides is 3. The Bertz CT molecular complexity index is 999. The summed E-state index contributed by atoms with van der Waals surface area (Å²) >= 11 is 0. The second-order valence-electron chi connectivity index (χ2n) is 7.15. The van der Waals surface area contributed by atoms with Crippen molar-refractivity contribution < 1.29 is 35.5 Å². The zero-order chi connectivity index (χ0) is 21.4. The predicted octanol–water partition coefficient (Wildman–Crippen LogP) is 4.37. The van der Waals surface area contributed by atoms with Crippen molar-refractivity contribution in [2.45, 2.75) is 42.9 Å². The highest BCUT2D eigenvalue weighted by molar-refractivity contribution is 7.91. The molecule has 4 nitrogen and oxygen atoms in total. The summed E-state index contributed by atoms with van der Waals surface area (Å²) in [6, 6.07) is 2.81. The number of aliphatic hydroxyl groups excluding tert-OH is 1. The van der Waals surface area contributed by atoms with E-state index in [1.54, 1.807) is 0 Å². The molecule has 0 amide bonds. The lowest BCUT2D eigenvalue weighted by Gasteiger charge is -2.25. The van der Waals surface area contributed by atoms with E-state index in [1.807, 2.05) is 0 Å². The van der Waals surface area contributed by atoms with Gasteiger partial charge in [0.2, 0.25) is 0 Å². The monoisotopic (exact) mass is 435 g/mol. The molecular formula is C19H18F5NO3S. The van der Waals surface area contributed by atoms with Crippen LogP contribution < -0.4 is 0 Å². The maximum absolute atomic E-state index is 13.9. The Hall–Kier alpha value is -2.07. The smallest absolute Gasteiger partial charge is 0.393 e. The van der Waals surface area contributed by atoms with Gasteiger partial charge in [0.15, 0.2) is 15.7 Å². The number of sulfone groups is 1. The largest absolute Gasteiger partial charge is 0.417 e. The summed E-state index contributed by atoms with van der Waals surface area (Å²) in [5.74, 6) is -2.96. The number of hydrogen-bond acceptors (Lipinski definition) is 4. The Morgan fingerprint density at radius 1 is 1.07 bits per heavy atom. The van der Waals surface area contributed by atoms with Crippen molar-refractivity contribution in [3.8, 4) is 11.3 Å². The number of benzene rings is 1. The highest BCUT2D eigenvalue weighted by atomic mass is 32.2. The highest BCUT2D eigenvalue weighted by Crippen LogP contribution is 2.38. The zero-order valence-corrected chi connectivity index (χ0v) is 15.9. The standard InChI is InChI=1S/C19H18F5NO3S/c20-13-8-16(21)18(25-9-13)12-3-6-17(15(7-12)19(22,23)24)29(27,28)10-11-1-4-14(26)5-2-11/h3,6-9,11,14,26H,1-2,4-5,10H2. The van der Waals surface area contributed by atoms with E-state index < -0.39 is 55.7 Å². The van der Waals surface area contributed by atoms with Gasteiger partial charge >= 0.3 is 6.18 Å². The summed E-state index contributed by atoms with van der Waals surface area (Å²) in [5.41, 5.74) is -2.24. The molecule has 29 heavy (non-hydrogen) atoms. The molecule has 1 N–H and O–H groups in total. The molecule has 1 aromatic heterocycles. The first kappa shape index (κ1) is 21.6. The van der Waals surface area contributed by atoms with Crippen LogP contribution >= 0.6 is 0 Å². The normalized spacial score (nSPS) is 20.6. The first-order chi connectivity index (χ1) is 13.5. The molecule has 1 heterocycles. The molecule has 158 valence electrons. The molecular weight excluding hydrogens is 417 g/mol. The van der Waals surface area contributed by atoms with Gasteiger partial charge in [0, 0.05) is 11.6 Å². The summed E-state index contributed by atoms with van der Waals surface area (Å²) in [6.45, 7) is 0. The second kappa shape index (κ2) is 7.98. The molecule has 0 spiro atoms. The van der Waals surface area contributed by atoms with Gasteiger partial charge in [-0.3, -0.25) is 4.98 Å². The van der Waals surface area contributed by atoms with Gasteiger partial charge in [-0.2, -0.15) is 13.2 Å². The Morgan fingerprint density at radius 2 is 1.72 bits per heavy atom. The average Bonchev–Trinajstić information content (AvgIpc) is 2.62. The van der Waals surface area contributed by atoms with Crippen LogP contribution in [0.4, 0.5) is 22.0 Å². The molecule has 0 atom stereocenters. The van der Waals surface area contributed by atoms with E-state index in [4.69, 9.17) is 0 Å². The highest BCUT2D eigenvalue weighted by Gasteiger charge is 2.38. The number of aliphatic hydroxyl groups is 1. The van der Waals surface area contributed by atoms with Crippen LogP contribution in [0.5, 0.6) is 0 Å². The Kier molecular flexibility index (Phi) is 5.96. The fourth-order valence-electron chi connectivity index (χ4n) is 3.51. The van der Waals surface area contributed by atoms with Crippen molar-refractivity contribution >= 4 is 9.84 Å². The fraction of sp³-hybridized carbons (Fsp3) is 0.421. The maximum Gasteiger partial charge on any atom is 0.417 e. The molecule has 1 aliphatic rings. The maximum atomic E-state index is 13.9. The van der Waals surface area contributed by atoms with Gasteiger partial charge in [-0.05, 0) is 43.7 Å². The van der Waals surface area contributed by atoms with Crippen molar-refractivity contribution in [3.63, 3.8) is 0 Å². The SMILES string of the molecule is O=S(=O)(CC1CCC(O)CC1)c1ccc(-c2ncc(F)cc2F)cc1C(F)(F)F. The molecule has 3 rings (SSSR count). The lowest BCUT2D eigenvalue weighted by Crippen LogP contribution is -2.25. The molecule has 1 aromatic carbocycles. The van der Waals surface area contributed by atoms with Gasteiger partial charge in [0.25, 0.3) is 0 Å². The van der Waals surface area contributed by atoms with Gasteiger partial charge in [0.1, 0.15) is 11.5 Å². The Morgan fingerprint density at radius 3 is 2.31 bits per heavy atom. The van der Waals surface area contributed by atoms with E-state index in [-0.39, 0.29) is 11.5 Å². The van der Waals surface area contributed by atoms with Crippen LogP contribution in [0, 0.1) is 17.6 Å². The number of halogens is 5. The van der Waals surface area contributed by atoms with Crippen molar-refractivity contribution in [1.82, 2.24) is 4.98 Å². The van der Waals surface area contributed by atoms with Crippen LogP contribution in [-0.2, 0) is 16.0 Å². The van der Waals surface area contributed by atoms with E-state index in [0.717, 1.165) is 12.1 Å². The third-order valence-corrected chi connectivity index (χ3v) is 6.91. The first-order valence-electron chi connectivity index (χ1n) is 8.91. The first-order valence-corrected chi connectivity index (χ1v) is 10.6. The van der Waals surface area contributed by atoms with Crippen LogP contribution in [0.1, 0.15) is 31.2 Å². The molecule has 0 bridgehead atoms. The van der Waals surface area contributed by atoms with Crippen LogP contribution in [-0.4, -0.2) is 30.4 Å². The average molecular weight is 435 g/mol. The van der Waals surface area contributed by atoms with Crippen molar-refractivity contribution in [1.29, 1.82) is 0 Å². The van der Waals surface area contributed by atoms with Gasteiger partial charge < -0.3 is 5.11 Å². The number of aromatic nitrogens is 1. The van der Waals surface area contributed by atoms with Gasteiger partial charge in [-0.1, -0.05) is 6.07 Å².